The van der Waals surface area contributed by atoms with Crippen molar-refractivity contribution in [1.29, 1.82) is 5.26 Å². The molecule has 0 amide bonds. The van der Waals surface area contributed by atoms with Crippen LogP contribution in [0, 0.1) is 11.3 Å². The molecule has 0 bridgehead atoms. The molecule has 4 aromatic rings. The molecule has 0 unspecified atom stereocenters. The summed E-state index contributed by atoms with van der Waals surface area (Å²) in [6.45, 7) is 0. The molecule has 0 spiro atoms. The first kappa shape index (κ1) is 19.3. The van der Waals surface area contributed by atoms with E-state index in [1.54, 1.807) is 42.5 Å². The molecular formula is C21H10Cl3N3O2. The number of halogens is 3. The Labute approximate surface area is 179 Å². The number of hydrogen-bond acceptors (Lipinski definition) is 4. The average Bonchev–Trinajstić information content (AvgIpc) is 3.14. The standard InChI is InChI=1S/C21H10Cl3N3O2/c22-12-4-6-17-14(9-12)21(28)27-20(26-17)11(10-25)8-13-5-7-18(29-13)19-15(23)2-1-3-16(19)24/h1-9H,(H,26,27,28). The second-order valence-corrected chi connectivity index (χ2v) is 7.30. The number of nitriles is 1. The highest BCUT2D eigenvalue weighted by molar-refractivity contribution is 6.39. The van der Waals surface area contributed by atoms with Gasteiger partial charge in [0.2, 0.25) is 0 Å². The van der Waals surface area contributed by atoms with Gasteiger partial charge in [-0.15, -0.1) is 0 Å². The van der Waals surface area contributed by atoms with Gasteiger partial charge in [-0.3, -0.25) is 4.79 Å². The molecule has 2 heterocycles. The van der Waals surface area contributed by atoms with Crippen molar-refractivity contribution < 1.29 is 4.42 Å². The predicted octanol–water partition coefficient (Wildman–Crippen LogP) is 6.21. The number of fused-ring (bicyclic) bond motifs is 1. The lowest BCUT2D eigenvalue weighted by Crippen LogP contribution is -2.11. The van der Waals surface area contributed by atoms with Gasteiger partial charge in [0, 0.05) is 11.1 Å². The van der Waals surface area contributed by atoms with E-state index in [9.17, 15) is 10.1 Å². The molecule has 2 aromatic carbocycles. The first-order chi connectivity index (χ1) is 14.0. The number of aromatic amines is 1. The van der Waals surface area contributed by atoms with Gasteiger partial charge in [0.15, 0.2) is 5.82 Å². The molecule has 0 saturated carbocycles. The van der Waals surface area contributed by atoms with Crippen LogP contribution in [-0.2, 0) is 0 Å². The Morgan fingerprint density at radius 3 is 2.59 bits per heavy atom. The van der Waals surface area contributed by atoms with E-state index in [4.69, 9.17) is 39.2 Å². The largest absolute Gasteiger partial charge is 0.457 e. The molecule has 0 atom stereocenters. The van der Waals surface area contributed by atoms with Crippen LogP contribution in [-0.4, -0.2) is 9.97 Å². The molecule has 29 heavy (non-hydrogen) atoms. The summed E-state index contributed by atoms with van der Waals surface area (Å²) in [5.74, 6) is 0.964. The number of allylic oxidation sites excluding steroid dienone is 1. The molecule has 0 saturated heterocycles. The van der Waals surface area contributed by atoms with Crippen LogP contribution in [0.2, 0.25) is 15.1 Å². The van der Waals surface area contributed by atoms with Gasteiger partial charge >= 0.3 is 0 Å². The third-order valence-electron chi connectivity index (χ3n) is 4.17. The molecule has 0 aliphatic rings. The van der Waals surface area contributed by atoms with Crippen molar-refractivity contribution in [1.82, 2.24) is 9.97 Å². The minimum Gasteiger partial charge on any atom is -0.457 e. The van der Waals surface area contributed by atoms with Crippen LogP contribution in [0.4, 0.5) is 0 Å². The summed E-state index contributed by atoms with van der Waals surface area (Å²) >= 11 is 18.4. The van der Waals surface area contributed by atoms with Crippen LogP contribution in [0.25, 0.3) is 33.9 Å². The summed E-state index contributed by atoms with van der Waals surface area (Å²) in [4.78, 5) is 19.3. The number of benzene rings is 2. The third kappa shape index (κ3) is 3.79. The van der Waals surface area contributed by atoms with Gasteiger partial charge in [0.25, 0.3) is 5.56 Å². The van der Waals surface area contributed by atoms with Gasteiger partial charge in [-0.05, 0) is 42.5 Å². The fourth-order valence-electron chi connectivity index (χ4n) is 2.83. The molecule has 5 nitrogen and oxygen atoms in total. The van der Waals surface area contributed by atoms with Crippen LogP contribution < -0.4 is 5.56 Å². The number of H-pyrrole nitrogens is 1. The summed E-state index contributed by atoms with van der Waals surface area (Å²) in [6, 6.07) is 15.3. The summed E-state index contributed by atoms with van der Waals surface area (Å²) in [5.41, 5.74) is 0.724. The maximum absolute atomic E-state index is 12.3. The van der Waals surface area contributed by atoms with E-state index in [1.165, 1.54) is 12.1 Å². The Morgan fingerprint density at radius 1 is 1.10 bits per heavy atom. The zero-order valence-corrected chi connectivity index (χ0v) is 16.8. The fraction of sp³-hybridized carbons (Fsp3) is 0. The van der Waals surface area contributed by atoms with Crippen molar-refractivity contribution in [2.24, 2.45) is 0 Å². The highest BCUT2D eigenvalue weighted by Gasteiger charge is 2.14. The Balaban J connectivity index is 1.77. The Bertz CT molecular complexity index is 1360. The van der Waals surface area contributed by atoms with E-state index >= 15 is 0 Å². The summed E-state index contributed by atoms with van der Waals surface area (Å²) < 4.78 is 5.78. The number of nitrogens with one attached hydrogen (secondary N) is 1. The van der Waals surface area contributed by atoms with Crippen LogP contribution in [0.5, 0.6) is 0 Å². The average molecular weight is 443 g/mol. The zero-order valence-electron chi connectivity index (χ0n) is 14.5. The second kappa shape index (κ2) is 7.76. The van der Waals surface area contributed by atoms with E-state index in [2.05, 4.69) is 9.97 Å². The number of nitrogens with zero attached hydrogens (tertiary/aromatic N) is 2. The van der Waals surface area contributed by atoms with Gasteiger partial charge in [0.05, 0.1) is 32.1 Å². The normalized spacial score (nSPS) is 11.6. The quantitative estimate of drug-likeness (QED) is 0.382. The Kier molecular flexibility index (Phi) is 5.16. The molecule has 0 aliphatic heterocycles. The molecule has 1 N–H and O–H groups in total. The summed E-state index contributed by atoms with van der Waals surface area (Å²) in [7, 11) is 0. The van der Waals surface area contributed by atoms with Crippen molar-refractivity contribution in [2.45, 2.75) is 0 Å². The van der Waals surface area contributed by atoms with E-state index in [0.29, 0.717) is 43.1 Å². The van der Waals surface area contributed by atoms with E-state index in [-0.39, 0.29) is 11.4 Å². The summed E-state index contributed by atoms with van der Waals surface area (Å²) in [6.07, 6.45) is 1.48. The van der Waals surface area contributed by atoms with Crippen molar-refractivity contribution in [3.63, 3.8) is 0 Å². The molecule has 0 aliphatic carbocycles. The second-order valence-electron chi connectivity index (χ2n) is 6.04. The van der Waals surface area contributed by atoms with Crippen molar-refractivity contribution >= 4 is 57.4 Å². The van der Waals surface area contributed by atoms with Crippen LogP contribution in [0.3, 0.4) is 0 Å². The molecule has 142 valence electrons. The Morgan fingerprint density at radius 2 is 1.86 bits per heavy atom. The number of hydrogen-bond donors (Lipinski definition) is 1. The highest BCUT2D eigenvalue weighted by atomic mass is 35.5. The van der Waals surface area contributed by atoms with Gasteiger partial charge in [-0.2, -0.15) is 5.26 Å². The van der Waals surface area contributed by atoms with Gasteiger partial charge in [-0.25, -0.2) is 4.98 Å². The van der Waals surface area contributed by atoms with E-state index < -0.39 is 5.56 Å². The molecule has 0 fully saturated rings. The first-order valence-corrected chi connectivity index (χ1v) is 9.45. The maximum atomic E-state index is 12.3. The lowest BCUT2D eigenvalue weighted by atomic mass is 10.2. The predicted molar refractivity (Wildman–Crippen MR) is 115 cm³/mol. The molecular weight excluding hydrogens is 433 g/mol. The number of rotatable bonds is 3. The van der Waals surface area contributed by atoms with E-state index in [0.717, 1.165) is 0 Å². The highest BCUT2D eigenvalue weighted by Crippen LogP contribution is 2.36. The van der Waals surface area contributed by atoms with Gasteiger partial charge in [-0.1, -0.05) is 40.9 Å². The lowest BCUT2D eigenvalue weighted by Gasteiger charge is -2.03. The molecule has 0 radical (unpaired) electrons. The van der Waals surface area contributed by atoms with Crippen LogP contribution in [0.15, 0.2) is 57.7 Å². The van der Waals surface area contributed by atoms with Gasteiger partial charge in [0.1, 0.15) is 17.6 Å². The zero-order chi connectivity index (χ0) is 20.5. The smallest absolute Gasteiger partial charge is 0.259 e. The van der Waals surface area contributed by atoms with Crippen LogP contribution >= 0.6 is 34.8 Å². The third-order valence-corrected chi connectivity index (χ3v) is 5.03. The molecule has 4 rings (SSSR count). The minimum atomic E-state index is -0.392. The Hall–Kier alpha value is -3.04. The molecule has 8 heteroatoms. The fourth-order valence-corrected chi connectivity index (χ4v) is 3.59. The number of furan rings is 1. The molecule has 2 aromatic heterocycles. The van der Waals surface area contributed by atoms with Crippen molar-refractivity contribution in [2.75, 3.05) is 0 Å². The van der Waals surface area contributed by atoms with Crippen LogP contribution in [0.1, 0.15) is 11.6 Å². The lowest BCUT2D eigenvalue weighted by molar-refractivity contribution is 0.572. The van der Waals surface area contributed by atoms with E-state index in [1.807, 2.05) is 6.07 Å². The van der Waals surface area contributed by atoms with Gasteiger partial charge < -0.3 is 9.40 Å². The monoisotopic (exact) mass is 441 g/mol. The maximum Gasteiger partial charge on any atom is 0.259 e. The summed E-state index contributed by atoms with van der Waals surface area (Å²) in [5, 5.41) is 11.2. The van der Waals surface area contributed by atoms with Crippen molar-refractivity contribution in [3.8, 4) is 17.4 Å². The van der Waals surface area contributed by atoms with Crippen molar-refractivity contribution in [3.05, 3.63) is 85.5 Å². The minimum absolute atomic E-state index is 0.126. The SMILES string of the molecule is N#CC(=Cc1ccc(-c2c(Cl)cccc2Cl)o1)c1nc2ccc(Cl)cc2c(=O)[nH]1. The topological polar surface area (TPSA) is 82.7 Å². The first-order valence-electron chi connectivity index (χ1n) is 8.32. The number of aromatic nitrogens is 2.